The van der Waals surface area contributed by atoms with Crippen LogP contribution in [0.25, 0.3) is 0 Å². The molecule has 0 saturated carbocycles. The number of halogens is 3. The van der Waals surface area contributed by atoms with E-state index in [0.29, 0.717) is 11.5 Å². The zero-order chi connectivity index (χ0) is 12.4. The molecule has 1 heterocycles. The van der Waals surface area contributed by atoms with Crippen LogP contribution < -0.4 is 5.32 Å². The van der Waals surface area contributed by atoms with Gasteiger partial charge in [0.05, 0.1) is 5.02 Å². The number of anilines is 2. The molecule has 88 valence electrons. The predicted octanol–water partition coefficient (Wildman–Crippen LogP) is 3.37. The molecule has 0 amide bonds. The Bertz CT molecular complexity index is 542. The van der Waals surface area contributed by atoms with Gasteiger partial charge >= 0.3 is 0 Å². The third-order valence-electron chi connectivity index (χ3n) is 1.90. The molecule has 7 heteroatoms. The first kappa shape index (κ1) is 12.0. The third-order valence-corrected chi connectivity index (χ3v) is 2.35. The molecular weight excluding hydrogens is 266 g/mol. The summed E-state index contributed by atoms with van der Waals surface area (Å²) in [4.78, 5) is 11.7. The Morgan fingerprint density at radius 3 is 2.59 bits per heavy atom. The Morgan fingerprint density at radius 1 is 1.18 bits per heavy atom. The molecule has 0 aliphatic carbocycles. The van der Waals surface area contributed by atoms with Crippen LogP contribution in [0.15, 0.2) is 18.2 Å². The topological polar surface area (TPSA) is 50.7 Å². The first-order chi connectivity index (χ1) is 8.04. The SMILES string of the molecule is Cc1nc(Cl)nc(Nc2ccc(F)c(Cl)c2)n1. The van der Waals surface area contributed by atoms with Crippen molar-refractivity contribution in [1.82, 2.24) is 15.0 Å². The fourth-order valence-electron chi connectivity index (χ4n) is 1.21. The van der Waals surface area contributed by atoms with E-state index in [1.807, 2.05) is 0 Å². The molecule has 2 rings (SSSR count). The fourth-order valence-corrected chi connectivity index (χ4v) is 1.59. The Kier molecular flexibility index (Phi) is 3.40. The highest BCUT2D eigenvalue weighted by molar-refractivity contribution is 6.31. The second kappa shape index (κ2) is 4.81. The number of nitrogens with zero attached hydrogens (tertiary/aromatic N) is 3. The zero-order valence-electron chi connectivity index (χ0n) is 8.71. The smallest absolute Gasteiger partial charge is 0.231 e. The van der Waals surface area contributed by atoms with Gasteiger partial charge in [-0.25, -0.2) is 9.37 Å². The van der Waals surface area contributed by atoms with E-state index in [-0.39, 0.29) is 16.3 Å². The van der Waals surface area contributed by atoms with Crippen LogP contribution in [0.4, 0.5) is 16.0 Å². The first-order valence-corrected chi connectivity index (χ1v) is 5.40. The summed E-state index contributed by atoms with van der Waals surface area (Å²) < 4.78 is 12.9. The molecule has 0 unspecified atom stereocenters. The van der Waals surface area contributed by atoms with Crippen molar-refractivity contribution in [3.05, 3.63) is 40.1 Å². The number of aryl methyl sites for hydroxylation is 1. The van der Waals surface area contributed by atoms with E-state index in [1.54, 1.807) is 6.92 Å². The number of rotatable bonds is 2. The summed E-state index contributed by atoms with van der Waals surface area (Å²) in [6.07, 6.45) is 0. The van der Waals surface area contributed by atoms with Gasteiger partial charge in [0.2, 0.25) is 11.2 Å². The van der Waals surface area contributed by atoms with Gasteiger partial charge in [-0.1, -0.05) is 11.6 Å². The van der Waals surface area contributed by atoms with E-state index in [9.17, 15) is 4.39 Å². The lowest BCUT2D eigenvalue weighted by molar-refractivity contribution is 0.628. The van der Waals surface area contributed by atoms with Gasteiger partial charge < -0.3 is 5.32 Å². The number of aromatic nitrogens is 3. The van der Waals surface area contributed by atoms with Crippen molar-refractivity contribution < 1.29 is 4.39 Å². The molecule has 0 atom stereocenters. The second-order valence-electron chi connectivity index (χ2n) is 3.23. The lowest BCUT2D eigenvalue weighted by atomic mass is 10.3. The second-order valence-corrected chi connectivity index (χ2v) is 3.97. The first-order valence-electron chi connectivity index (χ1n) is 4.65. The molecule has 0 bridgehead atoms. The maximum absolute atomic E-state index is 12.9. The summed E-state index contributed by atoms with van der Waals surface area (Å²) in [7, 11) is 0. The molecule has 1 N–H and O–H groups in total. The largest absolute Gasteiger partial charge is 0.324 e. The molecular formula is C10H7Cl2FN4. The molecule has 4 nitrogen and oxygen atoms in total. The Labute approximate surface area is 107 Å². The highest BCUT2D eigenvalue weighted by atomic mass is 35.5. The molecule has 1 aromatic heterocycles. The van der Waals surface area contributed by atoms with Crippen molar-refractivity contribution in [1.29, 1.82) is 0 Å². The van der Waals surface area contributed by atoms with Crippen LogP contribution >= 0.6 is 23.2 Å². The monoisotopic (exact) mass is 272 g/mol. The standard InChI is InChI=1S/C10H7Cl2FN4/c1-5-14-9(12)17-10(15-5)16-6-2-3-8(13)7(11)4-6/h2-4H,1H3,(H,14,15,16,17). The lowest BCUT2D eigenvalue weighted by Crippen LogP contribution is -2.01. The molecule has 0 fully saturated rings. The quantitative estimate of drug-likeness (QED) is 0.911. The van der Waals surface area contributed by atoms with Crippen molar-refractivity contribution in [3.8, 4) is 0 Å². The van der Waals surface area contributed by atoms with E-state index in [2.05, 4.69) is 20.3 Å². The van der Waals surface area contributed by atoms with Crippen LogP contribution in [0.2, 0.25) is 10.3 Å². The van der Waals surface area contributed by atoms with Gasteiger partial charge in [-0.2, -0.15) is 9.97 Å². The lowest BCUT2D eigenvalue weighted by Gasteiger charge is -2.05. The van der Waals surface area contributed by atoms with Crippen molar-refractivity contribution >= 4 is 34.8 Å². The molecule has 17 heavy (non-hydrogen) atoms. The van der Waals surface area contributed by atoms with Crippen molar-refractivity contribution in [2.24, 2.45) is 0 Å². The van der Waals surface area contributed by atoms with Gasteiger partial charge in [-0.3, -0.25) is 0 Å². The Balaban J connectivity index is 2.28. The molecule has 0 aliphatic rings. The number of nitrogens with one attached hydrogen (secondary N) is 1. The number of hydrogen-bond donors (Lipinski definition) is 1. The highest BCUT2D eigenvalue weighted by Gasteiger charge is 2.04. The molecule has 0 spiro atoms. The summed E-state index contributed by atoms with van der Waals surface area (Å²) >= 11 is 11.3. The van der Waals surface area contributed by atoms with Crippen LogP contribution in [0, 0.1) is 12.7 Å². The maximum atomic E-state index is 12.9. The average Bonchev–Trinajstić information content (AvgIpc) is 2.22. The van der Waals surface area contributed by atoms with Gasteiger partial charge in [0.1, 0.15) is 11.6 Å². The van der Waals surface area contributed by atoms with Crippen LogP contribution in [-0.2, 0) is 0 Å². The van der Waals surface area contributed by atoms with E-state index < -0.39 is 5.82 Å². The Morgan fingerprint density at radius 2 is 1.94 bits per heavy atom. The minimum atomic E-state index is -0.484. The average molecular weight is 273 g/mol. The summed E-state index contributed by atoms with van der Waals surface area (Å²) in [6, 6.07) is 4.21. The van der Waals surface area contributed by atoms with Crippen molar-refractivity contribution in [3.63, 3.8) is 0 Å². The summed E-state index contributed by atoms with van der Waals surface area (Å²) in [5.41, 5.74) is 0.568. The van der Waals surface area contributed by atoms with Gasteiger partial charge in [-0.05, 0) is 36.7 Å². The fraction of sp³-hybridized carbons (Fsp3) is 0.100. The predicted molar refractivity (Wildman–Crippen MR) is 64.3 cm³/mol. The normalized spacial score (nSPS) is 10.4. The van der Waals surface area contributed by atoms with E-state index in [4.69, 9.17) is 23.2 Å². The summed E-state index contributed by atoms with van der Waals surface area (Å²) in [5.74, 6) is 0.285. The maximum Gasteiger partial charge on any atom is 0.231 e. The van der Waals surface area contributed by atoms with Gasteiger partial charge in [0, 0.05) is 5.69 Å². The molecule has 1 aromatic carbocycles. The van der Waals surface area contributed by atoms with Crippen LogP contribution in [0.1, 0.15) is 5.82 Å². The third kappa shape index (κ3) is 3.01. The molecule has 0 radical (unpaired) electrons. The summed E-state index contributed by atoms with van der Waals surface area (Å²) in [5, 5.41) is 2.97. The molecule has 0 saturated heterocycles. The number of benzene rings is 1. The minimum absolute atomic E-state index is 0.0203. The van der Waals surface area contributed by atoms with Crippen LogP contribution in [-0.4, -0.2) is 15.0 Å². The van der Waals surface area contributed by atoms with Gasteiger partial charge in [-0.15, -0.1) is 0 Å². The van der Waals surface area contributed by atoms with Crippen molar-refractivity contribution in [2.75, 3.05) is 5.32 Å². The molecule has 2 aromatic rings. The number of hydrogen-bond acceptors (Lipinski definition) is 4. The van der Waals surface area contributed by atoms with E-state index >= 15 is 0 Å². The van der Waals surface area contributed by atoms with Gasteiger partial charge in [0.15, 0.2) is 0 Å². The molecule has 0 aliphatic heterocycles. The zero-order valence-corrected chi connectivity index (χ0v) is 10.2. The van der Waals surface area contributed by atoms with E-state index in [0.717, 1.165) is 0 Å². The van der Waals surface area contributed by atoms with Crippen LogP contribution in [0.3, 0.4) is 0 Å². The van der Waals surface area contributed by atoms with Crippen molar-refractivity contribution in [2.45, 2.75) is 6.92 Å². The minimum Gasteiger partial charge on any atom is -0.324 e. The van der Waals surface area contributed by atoms with Crippen LogP contribution in [0.5, 0.6) is 0 Å². The highest BCUT2D eigenvalue weighted by Crippen LogP contribution is 2.21. The Hall–Kier alpha value is -1.46. The van der Waals surface area contributed by atoms with E-state index in [1.165, 1.54) is 18.2 Å². The van der Waals surface area contributed by atoms with Gasteiger partial charge in [0.25, 0.3) is 0 Å². The summed E-state index contributed by atoms with van der Waals surface area (Å²) in [6.45, 7) is 1.69.